The van der Waals surface area contributed by atoms with E-state index in [0.717, 1.165) is 66.4 Å². The molecule has 4 aromatic carbocycles. The second-order valence-corrected chi connectivity index (χ2v) is 10.9. The van der Waals surface area contributed by atoms with Gasteiger partial charge in [-0.25, -0.2) is 0 Å². The van der Waals surface area contributed by atoms with Crippen LogP contribution in [0.15, 0.2) is 148 Å². The predicted molar refractivity (Wildman–Crippen MR) is 169 cm³/mol. The molecule has 0 saturated carbocycles. The Morgan fingerprint density at radius 1 is 0.561 bits per heavy atom. The average molecular weight is 546 g/mol. The van der Waals surface area contributed by atoms with Crippen molar-refractivity contribution in [3.63, 3.8) is 0 Å². The second-order valence-electron chi connectivity index (χ2n) is 9.94. The van der Waals surface area contributed by atoms with Crippen molar-refractivity contribution in [3.8, 4) is 55.5 Å². The summed E-state index contributed by atoms with van der Waals surface area (Å²) in [5, 5.41) is 5.56. The summed E-state index contributed by atoms with van der Waals surface area (Å²) in [6.45, 7) is 0. The van der Waals surface area contributed by atoms with E-state index >= 15 is 0 Å². The third-order valence-corrected chi connectivity index (χ3v) is 8.44. The van der Waals surface area contributed by atoms with Gasteiger partial charge in [-0.15, -0.1) is 11.3 Å². The van der Waals surface area contributed by atoms with E-state index in [-0.39, 0.29) is 0 Å². The van der Waals surface area contributed by atoms with Crippen molar-refractivity contribution < 1.29 is 8.83 Å². The predicted octanol–water partition coefficient (Wildman–Crippen LogP) is 11.0. The normalized spacial score (nSPS) is 11.4. The minimum atomic E-state index is 0.798. The minimum absolute atomic E-state index is 0.798. The Bertz CT molecular complexity index is 2100. The zero-order valence-electron chi connectivity index (χ0n) is 22.0. The summed E-state index contributed by atoms with van der Waals surface area (Å²) in [6, 6.07) is 41.9. The molecule has 0 saturated heterocycles. The molecular formula is C37H23NO2S. The van der Waals surface area contributed by atoms with Gasteiger partial charge in [0.1, 0.15) is 17.1 Å². The van der Waals surface area contributed by atoms with Gasteiger partial charge >= 0.3 is 0 Å². The molecule has 194 valence electrons. The SMILES string of the molecule is c1ccc(-c2cc(-c3cc4ccccc4o3)c(-c3cccc4ccccc34)c(-c3cccs3)c2-c2ccco2)nc1. The van der Waals surface area contributed by atoms with Gasteiger partial charge in [0.15, 0.2) is 0 Å². The fourth-order valence-electron chi connectivity index (χ4n) is 5.78. The summed E-state index contributed by atoms with van der Waals surface area (Å²) >= 11 is 1.72. The van der Waals surface area contributed by atoms with Crippen LogP contribution in [0.5, 0.6) is 0 Å². The van der Waals surface area contributed by atoms with Crippen LogP contribution in [0.2, 0.25) is 0 Å². The molecule has 0 aliphatic heterocycles. The second kappa shape index (κ2) is 9.77. The Labute approximate surface area is 241 Å². The maximum absolute atomic E-state index is 6.58. The summed E-state index contributed by atoms with van der Waals surface area (Å²) in [7, 11) is 0. The van der Waals surface area contributed by atoms with Crippen molar-refractivity contribution in [3.05, 3.63) is 139 Å². The summed E-state index contributed by atoms with van der Waals surface area (Å²) in [5.41, 5.74) is 8.10. The van der Waals surface area contributed by atoms with Crippen LogP contribution in [-0.2, 0) is 0 Å². The molecule has 3 nitrogen and oxygen atoms in total. The first-order valence-electron chi connectivity index (χ1n) is 13.5. The minimum Gasteiger partial charge on any atom is -0.464 e. The number of aromatic nitrogens is 1. The highest BCUT2D eigenvalue weighted by Gasteiger charge is 2.27. The number of fused-ring (bicyclic) bond motifs is 2. The highest BCUT2D eigenvalue weighted by atomic mass is 32.1. The van der Waals surface area contributed by atoms with Gasteiger partial charge in [-0.3, -0.25) is 4.98 Å². The number of rotatable bonds is 5. The van der Waals surface area contributed by atoms with Crippen molar-refractivity contribution in [2.75, 3.05) is 0 Å². The quantitative estimate of drug-likeness (QED) is 0.216. The topological polar surface area (TPSA) is 39.2 Å². The van der Waals surface area contributed by atoms with Gasteiger partial charge in [0, 0.05) is 44.3 Å². The number of furan rings is 2. The highest BCUT2D eigenvalue weighted by molar-refractivity contribution is 7.13. The summed E-state index contributed by atoms with van der Waals surface area (Å²) in [6.07, 6.45) is 3.58. The first-order valence-corrected chi connectivity index (χ1v) is 14.4. The first kappa shape index (κ1) is 23.7. The molecule has 4 heteroatoms. The summed E-state index contributed by atoms with van der Waals surface area (Å²) in [5.74, 6) is 1.61. The van der Waals surface area contributed by atoms with Gasteiger partial charge in [-0.05, 0) is 70.2 Å². The van der Waals surface area contributed by atoms with Gasteiger partial charge in [0.05, 0.1) is 12.0 Å². The van der Waals surface area contributed by atoms with Gasteiger partial charge in [0.2, 0.25) is 0 Å². The number of hydrogen-bond donors (Lipinski definition) is 0. The molecule has 4 aromatic heterocycles. The molecule has 0 atom stereocenters. The molecule has 8 aromatic rings. The van der Waals surface area contributed by atoms with E-state index in [0.29, 0.717) is 0 Å². The lowest BCUT2D eigenvalue weighted by Crippen LogP contribution is -1.97. The molecule has 0 spiro atoms. The van der Waals surface area contributed by atoms with Crippen LogP contribution < -0.4 is 0 Å². The third-order valence-electron chi connectivity index (χ3n) is 7.55. The zero-order chi connectivity index (χ0) is 27.2. The van der Waals surface area contributed by atoms with E-state index < -0.39 is 0 Å². The molecule has 8 rings (SSSR count). The Morgan fingerprint density at radius 2 is 1.41 bits per heavy atom. The van der Waals surface area contributed by atoms with Crippen LogP contribution in [0.3, 0.4) is 0 Å². The van der Waals surface area contributed by atoms with E-state index in [1.807, 2.05) is 48.7 Å². The molecular weight excluding hydrogens is 522 g/mol. The monoisotopic (exact) mass is 545 g/mol. The largest absolute Gasteiger partial charge is 0.464 e. The molecule has 0 radical (unpaired) electrons. The first-order chi connectivity index (χ1) is 20.3. The average Bonchev–Trinajstić information content (AvgIpc) is 3.83. The number of nitrogens with zero attached hydrogens (tertiary/aromatic N) is 1. The van der Waals surface area contributed by atoms with E-state index in [4.69, 9.17) is 13.8 Å². The fraction of sp³-hybridized carbons (Fsp3) is 0. The fourth-order valence-corrected chi connectivity index (χ4v) is 6.57. The van der Waals surface area contributed by atoms with Crippen molar-refractivity contribution >= 4 is 33.1 Å². The number of pyridine rings is 1. The van der Waals surface area contributed by atoms with Crippen LogP contribution >= 0.6 is 11.3 Å². The van der Waals surface area contributed by atoms with Gasteiger partial charge in [0.25, 0.3) is 0 Å². The Hall–Kier alpha value is -5.19. The molecule has 0 unspecified atom stereocenters. The third kappa shape index (κ3) is 4.00. The lowest BCUT2D eigenvalue weighted by molar-refractivity contribution is 0.582. The van der Waals surface area contributed by atoms with Crippen LogP contribution in [-0.4, -0.2) is 4.98 Å². The lowest BCUT2D eigenvalue weighted by Gasteiger charge is -2.22. The standard InChI is InChI=1S/C37H23NO2S/c1-3-13-26-24(10-1)12-7-14-27(26)35-29(33-22-25-11-2-4-16-31(25)40-33)23-28(30-15-5-6-19-38-30)36(32-17-8-20-39-32)37(35)34-18-9-21-41-34/h1-23H. The van der Waals surface area contributed by atoms with Gasteiger partial charge in [-0.2, -0.15) is 0 Å². The highest BCUT2D eigenvalue weighted by Crippen LogP contribution is 2.52. The van der Waals surface area contributed by atoms with E-state index in [1.165, 1.54) is 10.8 Å². The van der Waals surface area contributed by atoms with E-state index in [1.54, 1.807) is 17.6 Å². The van der Waals surface area contributed by atoms with Crippen LogP contribution in [0, 0.1) is 0 Å². The van der Waals surface area contributed by atoms with Gasteiger partial charge in [-0.1, -0.05) is 72.8 Å². The molecule has 0 fully saturated rings. The molecule has 0 amide bonds. The van der Waals surface area contributed by atoms with Gasteiger partial charge < -0.3 is 8.83 Å². The summed E-state index contributed by atoms with van der Waals surface area (Å²) < 4.78 is 12.7. The lowest BCUT2D eigenvalue weighted by atomic mass is 9.83. The number of para-hydroxylation sites is 1. The summed E-state index contributed by atoms with van der Waals surface area (Å²) in [4.78, 5) is 5.95. The van der Waals surface area contributed by atoms with Crippen LogP contribution in [0.4, 0.5) is 0 Å². The molecule has 0 aliphatic rings. The van der Waals surface area contributed by atoms with Crippen LogP contribution in [0.1, 0.15) is 0 Å². The Morgan fingerprint density at radius 3 is 2.22 bits per heavy atom. The Kier molecular flexibility index (Phi) is 5.64. The van der Waals surface area contributed by atoms with E-state index in [2.05, 4.69) is 84.2 Å². The van der Waals surface area contributed by atoms with E-state index in [9.17, 15) is 0 Å². The maximum atomic E-state index is 6.58. The zero-order valence-corrected chi connectivity index (χ0v) is 22.8. The molecule has 0 N–H and O–H groups in total. The van der Waals surface area contributed by atoms with Crippen molar-refractivity contribution in [2.24, 2.45) is 0 Å². The molecule has 41 heavy (non-hydrogen) atoms. The maximum Gasteiger partial charge on any atom is 0.136 e. The number of hydrogen-bond acceptors (Lipinski definition) is 4. The Balaban J connectivity index is 1.60. The molecule has 4 heterocycles. The van der Waals surface area contributed by atoms with Crippen molar-refractivity contribution in [1.29, 1.82) is 0 Å². The van der Waals surface area contributed by atoms with Crippen LogP contribution in [0.25, 0.3) is 77.2 Å². The van der Waals surface area contributed by atoms with Crippen molar-refractivity contribution in [2.45, 2.75) is 0 Å². The molecule has 0 bridgehead atoms. The molecule has 0 aliphatic carbocycles. The smallest absolute Gasteiger partial charge is 0.136 e. The number of thiophene rings is 1. The number of benzene rings is 4. The van der Waals surface area contributed by atoms with Crippen molar-refractivity contribution in [1.82, 2.24) is 4.98 Å².